The average Bonchev–Trinajstić information content (AvgIpc) is 2.76. The largest absolute Gasteiger partial charge is 0.465 e. The van der Waals surface area contributed by atoms with Gasteiger partial charge in [-0.3, -0.25) is 9.69 Å². The second-order valence-corrected chi connectivity index (χ2v) is 5.58. The van der Waals surface area contributed by atoms with Gasteiger partial charge in [0, 0.05) is 18.1 Å². The Balaban J connectivity index is 2.04. The molecule has 5 nitrogen and oxygen atoms in total. The van der Waals surface area contributed by atoms with Crippen LogP contribution in [0.25, 0.3) is 0 Å². The van der Waals surface area contributed by atoms with Crippen LogP contribution in [0.4, 0.5) is 0 Å². The molecule has 0 amide bonds. The number of likely N-dealkylation sites (tertiary alicyclic amines) is 1. The Labute approximate surface area is 115 Å². The zero-order valence-corrected chi connectivity index (χ0v) is 11.8. The van der Waals surface area contributed by atoms with E-state index >= 15 is 0 Å². The fourth-order valence-electron chi connectivity index (χ4n) is 2.17. The third-order valence-electron chi connectivity index (χ3n) is 3.03. The van der Waals surface area contributed by atoms with E-state index in [9.17, 15) is 4.79 Å². The van der Waals surface area contributed by atoms with E-state index < -0.39 is 0 Å². The zero-order valence-electron chi connectivity index (χ0n) is 10.3. The van der Waals surface area contributed by atoms with Crippen molar-refractivity contribution >= 4 is 29.1 Å². The first-order valence-corrected chi connectivity index (χ1v) is 7.25. The lowest BCUT2D eigenvalue weighted by Crippen LogP contribution is -2.45. The normalized spacial score (nSPS) is 20.9. The maximum absolute atomic E-state index is 11.9. The van der Waals surface area contributed by atoms with Gasteiger partial charge in [0.15, 0.2) is 0 Å². The van der Waals surface area contributed by atoms with E-state index in [2.05, 4.69) is 14.5 Å². The summed E-state index contributed by atoms with van der Waals surface area (Å²) in [4.78, 5) is 14.0. The van der Waals surface area contributed by atoms with Gasteiger partial charge in [0.25, 0.3) is 0 Å². The van der Waals surface area contributed by atoms with Crippen LogP contribution in [0.2, 0.25) is 4.34 Å². The van der Waals surface area contributed by atoms with Crippen LogP contribution in [0, 0.1) is 0 Å². The van der Waals surface area contributed by atoms with Gasteiger partial charge in [-0.25, -0.2) is 0 Å². The van der Waals surface area contributed by atoms with Crippen molar-refractivity contribution in [3.8, 4) is 0 Å². The quantitative estimate of drug-likeness (QED) is 0.795. The van der Waals surface area contributed by atoms with Gasteiger partial charge in [-0.15, -0.1) is 5.10 Å². The molecule has 1 aromatic rings. The molecular weight excluding hydrogens is 274 g/mol. The number of ether oxygens (including phenoxy) is 1. The predicted octanol–water partition coefficient (Wildman–Crippen LogP) is 2.11. The van der Waals surface area contributed by atoms with Gasteiger partial charge in [-0.2, -0.15) is 0 Å². The number of piperidine rings is 1. The van der Waals surface area contributed by atoms with Crippen molar-refractivity contribution in [3.63, 3.8) is 0 Å². The molecule has 0 aliphatic carbocycles. The Morgan fingerprint density at radius 2 is 2.44 bits per heavy atom. The van der Waals surface area contributed by atoms with Gasteiger partial charge < -0.3 is 4.74 Å². The van der Waals surface area contributed by atoms with Gasteiger partial charge in [-0.1, -0.05) is 22.5 Å². The summed E-state index contributed by atoms with van der Waals surface area (Å²) in [5, 5.41) is 3.99. The first-order chi connectivity index (χ1) is 8.72. The first kappa shape index (κ1) is 13.7. The van der Waals surface area contributed by atoms with E-state index in [1.54, 1.807) is 0 Å². The lowest BCUT2D eigenvalue weighted by molar-refractivity contribution is -0.151. The topological polar surface area (TPSA) is 55.3 Å². The minimum Gasteiger partial charge on any atom is -0.465 e. The summed E-state index contributed by atoms with van der Waals surface area (Å²) in [7, 11) is 0. The van der Waals surface area contributed by atoms with Crippen LogP contribution in [0.15, 0.2) is 0 Å². The van der Waals surface area contributed by atoms with E-state index in [0.29, 0.717) is 17.5 Å². The van der Waals surface area contributed by atoms with Gasteiger partial charge >= 0.3 is 5.97 Å². The van der Waals surface area contributed by atoms with Gasteiger partial charge in [0.1, 0.15) is 16.1 Å². The van der Waals surface area contributed by atoms with Crippen LogP contribution in [-0.4, -0.2) is 39.6 Å². The van der Waals surface area contributed by atoms with Crippen LogP contribution in [0.1, 0.15) is 31.9 Å². The molecule has 0 N–H and O–H groups in total. The molecule has 1 saturated heterocycles. The maximum Gasteiger partial charge on any atom is 0.323 e. The highest BCUT2D eigenvalue weighted by Gasteiger charge is 2.30. The van der Waals surface area contributed by atoms with E-state index in [-0.39, 0.29) is 12.0 Å². The highest BCUT2D eigenvalue weighted by Crippen LogP contribution is 2.24. The van der Waals surface area contributed by atoms with Crippen molar-refractivity contribution in [1.82, 2.24) is 14.5 Å². The van der Waals surface area contributed by atoms with E-state index in [4.69, 9.17) is 16.3 Å². The van der Waals surface area contributed by atoms with E-state index in [0.717, 1.165) is 31.5 Å². The zero-order chi connectivity index (χ0) is 13.0. The average molecular weight is 290 g/mol. The SMILES string of the molecule is CCOC(=O)[C@H]1CCCCN1Cc1nnsc1Cl. The lowest BCUT2D eigenvalue weighted by atomic mass is 10.0. The highest BCUT2D eigenvalue weighted by atomic mass is 35.5. The van der Waals surface area contributed by atoms with Gasteiger partial charge in [-0.05, 0) is 26.3 Å². The molecule has 1 fully saturated rings. The maximum atomic E-state index is 11.9. The molecular formula is C11H16ClN3O2S. The molecule has 100 valence electrons. The number of hydrogen-bond acceptors (Lipinski definition) is 6. The summed E-state index contributed by atoms with van der Waals surface area (Å²) in [6.07, 6.45) is 2.99. The molecule has 1 aliphatic rings. The summed E-state index contributed by atoms with van der Waals surface area (Å²) in [5.74, 6) is -0.142. The minimum absolute atomic E-state index is 0.142. The van der Waals surface area contributed by atoms with Crippen molar-refractivity contribution in [2.24, 2.45) is 0 Å². The van der Waals surface area contributed by atoms with E-state index in [1.165, 1.54) is 11.5 Å². The molecule has 1 atom stereocenters. The van der Waals surface area contributed by atoms with Gasteiger partial charge in [0.2, 0.25) is 0 Å². The Bertz CT molecular complexity index is 413. The molecule has 0 radical (unpaired) electrons. The summed E-state index contributed by atoms with van der Waals surface area (Å²) in [6.45, 7) is 3.69. The molecule has 7 heteroatoms. The highest BCUT2D eigenvalue weighted by molar-refractivity contribution is 7.10. The van der Waals surface area contributed by atoms with E-state index in [1.807, 2.05) is 6.92 Å². The number of rotatable bonds is 4. The Morgan fingerprint density at radius 3 is 3.11 bits per heavy atom. The molecule has 0 bridgehead atoms. The molecule has 1 aromatic heterocycles. The lowest BCUT2D eigenvalue weighted by Gasteiger charge is -2.33. The second-order valence-electron chi connectivity index (χ2n) is 4.23. The standard InChI is InChI=1S/C11H16ClN3O2S/c1-2-17-11(16)9-5-3-4-6-15(9)7-8-10(12)18-14-13-8/h9H,2-7H2,1H3/t9-/m1/s1. The number of carbonyl (C=O) groups is 1. The summed E-state index contributed by atoms with van der Waals surface area (Å²) in [6, 6.07) is -0.170. The first-order valence-electron chi connectivity index (χ1n) is 6.09. The molecule has 0 aromatic carbocycles. The number of esters is 1. The number of aromatic nitrogens is 2. The van der Waals surface area contributed by atoms with Crippen molar-refractivity contribution in [2.45, 2.75) is 38.8 Å². The van der Waals surface area contributed by atoms with Crippen molar-refractivity contribution in [3.05, 3.63) is 10.0 Å². The molecule has 0 unspecified atom stereocenters. The Morgan fingerprint density at radius 1 is 1.61 bits per heavy atom. The fourth-order valence-corrected chi connectivity index (χ4v) is 2.78. The van der Waals surface area contributed by atoms with Gasteiger partial charge in [0.05, 0.1) is 6.61 Å². The number of hydrogen-bond donors (Lipinski definition) is 0. The monoisotopic (exact) mass is 289 g/mol. The molecule has 2 rings (SSSR count). The summed E-state index contributed by atoms with van der Waals surface area (Å²) < 4.78 is 9.52. The van der Waals surface area contributed by atoms with Crippen LogP contribution in [-0.2, 0) is 16.1 Å². The van der Waals surface area contributed by atoms with Crippen LogP contribution >= 0.6 is 23.1 Å². The van der Waals surface area contributed by atoms with Crippen molar-refractivity contribution in [1.29, 1.82) is 0 Å². The number of halogens is 1. The Hall–Kier alpha value is -0.720. The van der Waals surface area contributed by atoms with Crippen LogP contribution in [0.3, 0.4) is 0 Å². The van der Waals surface area contributed by atoms with Crippen LogP contribution in [0.5, 0.6) is 0 Å². The van der Waals surface area contributed by atoms with Crippen molar-refractivity contribution < 1.29 is 9.53 Å². The molecule has 18 heavy (non-hydrogen) atoms. The number of carbonyl (C=O) groups excluding carboxylic acids is 1. The smallest absolute Gasteiger partial charge is 0.323 e. The summed E-state index contributed by atoms with van der Waals surface area (Å²) in [5.41, 5.74) is 0.748. The predicted molar refractivity (Wildman–Crippen MR) is 69.6 cm³/mol. The minimum atomic E-state index is -0.170. The Kier molecular flexibility index (Phi) is 4.91. The summed E-state index contributed by atoms with van der Waals surface area (Å²) >= 11 is 7.17. The molecule has 0 spiro atoms. The molecule has 1 aliphatic heterocycles. The van der Waals surface area contributed by atoms with Crippen molar-refractivity contribution in [2.75, 3.05) is 13.2 Å². The third-order valence-corrected chi connectivity index (χ3v) is 4.02. The van der Waals surface area contributed by atoms with Crippen LogP contribution < -0.4 is 0 Å². The number of nitrogens with zero attached hydrogens (tertiary/aromatic N) is 3. The molecule has 0 saturated carbocycles. The molecule has 2 heterocycles. The second kappa shape index (κ2) is 6.45. The third kappa shape index (κ3) is 3.18. The fraction of sp³-hybridized carbons (Fsp3) is 0.727.